The molecule has 2 aromatic carbocycles. The number of esters is 1. The number of aryl methyl sites for hydroxylation is 1. The summed E-state index contributed by atoms with van der Waals surface area (Å²) < 4.78 is 6.35. The van der Waals surface area contributed by atoms with E-state index in [0.29, 0.717) is 11.3 Å². The first-order valence-electron chi connectivity index (χ1n) is 6.60. The van der Waals surface area contributed by atoms with Crippen LogP contribution in [-0.4, -0.2) is 5.97 Å². The highest BCUT2D eigenvalue weighted by Crippen LogP contribution is 2.27. The van der Waals surface area contributed by atoms with E-state index < -0.39 is 0 Å². The van der Waals surface area contributed by atoms with Gasteiger partial charge in [0.2, 0.25) is 0 Å². The Balaban J connectivity index is 1.91. The molecule has 1 heterocycles. The summed E-state index contributed by atoms with van der Waals surface area (Å²) in [5.74, 6) is 0.289. The van der Waals surface area contributed by atoms with Crippen molar-refractivity contribution in [1.82, 2.24) is 0 Å². The van der Waals surface area contributed by atoms with Crippen LogP contribution >= 0.6 is 15.9 Å². The largest absolute Gasteiger partial charge is 0.422 e. The monoisotopic (exact) mass is 340 g/mol. The number of hydrogen-bond acceptors (Lipinski definition) is 2. The summed E-state index contributed by atoms with van der Waals surface area (Å²) in [7, 11) is 0. The van der Waals surface area contributed by atoms with Gasteiger partial charge in [-0.25, -0.2) is 4.79 Å². The van der Waals surface area contributed by atoms with Gasteiger partial charge < -0.3 is 4.74 Å². The van der Waals surface area contributed by atoms with Gasteiger partial charge in [-0.3, -0.25) is 0 Å². The van der Waals surface area contributed by atoms with Crippen LogP contribution in [0.15, 0.2) is 64.7 Å². The zero-order valence-electron chi connectivity index (χ0n) is 11.5. The number of carbonyl (C=O) groups excluding carboxylic acids is 1. The third-order valence-corrected chi connectivity index (χ3v) is 3.78. The zero-order chi connectivity index (χ0) is 14.8. The van der Waals surface area contributed by atoms with Crippen molar-refractivity contribution in [3.05, 3.63) is 81.3 Å². The molecule has 0 radical (unpaired) electrons. The number of ether oxygens (including phenoxy) is 1. The van der Waals surface area contributed by atoms with Gasteiger partial charge in [0, 0.05) is 10.0 Å². The number of carbonyl (C=O) groups is 1. The van der Waals surface area contributed by atoms with Gasteiger partial charge in [0.1, 0.15) is 5.76 Å². The van der Waals surface area contributed by atoms with Crippen LogP contribution in [0.3, 0.4) is 0 Å². The van der Waals surface area contributed by atoms with E-state index in [2.05, 4.69) is 15.9 Å². The predicted molar refractivity (Wildman–Crippen MR) is 87.4 cm³/mol. The fourth-order valence-electron chi connectivity index (χ4n) is 2.09. The second kappa shape index (κ2) is 5.70. The lowest BCUT2D eigenvalue weighted by Gasteiger charge is -2.01. The Kier molecular flexibility index (Phi) is 3.76. The third-order valence-electron chi connectivity index (χ3n) is 3.25. The number of rotatable bonds is 2. The van der Waals surface area contributed by atoms with Gasteiger partial charge in [-0.05, 0) is 36.8 Å². The molecule has 0 fully saturated rings. The summed E-state index contributed by atoms with van der Waals surface area (Å²) in [5, 5.41) is 0. The Labute approximate surface area is 131 Å². The molecule has 0 aromatic heterocycles. The molecule has 0 N–H and O–H groups in total. The van der Waals surface area contributed by atoms with Crippen molar-refractivity contribution in [2.24, 2.45) is 0 Å². The summed E-state index contributed by atoms with van der Waals surface area (Å²) in [5.41, 5.74) is 3.61. The highest BCUT2D eigenvalue weighted by molar-refractivity contribution is 9.10. The molecule has 0 saturated heterocycles. The smallest absolute Gasteiger partial charge is 0.343 e. The minimum atomic E-state index is -0.312. The van der Waals surface area contributed by atoms with Gasteiger partial charge in [0.15, 0.2) is 0 Å². The summed E-state index contributed by atoms with van der Waals surface area (Å²) in [6, 6.07) is 15.7. The van der Waals surface area contributed by atoms with Gasteiger partial charge in [-0.15, -0.1) is 0 Å². The van der Waals surface area contributed by atoms with E-state index in [9.17, 15) is 4.79 Å². The molecule has 2 nitrogen and oxygen atoms in total. The molecule has 21 heavy (non-hydrogen) atoms. The van der Waals surface area contributed by atoms with E-state index in [-0.39, 0.29) is 5.97 Å². The quantitative estimate of drug-likeness (QED) is 0.583. The molecule has 0 unspecified atom stereocenters. The van der Waals surface area contributed by atoms with Crippen molar-refractivity contribution in [3.63, 3.8) is 0 Å². The normalized spacial score (nSPS) is 16.0. The maximum Gasteiger partial charge on any atom is 0.343 e. The van der Waals surface area contributed by atoms with Gasteiger partial charge in [0.25, 0.3) is 0 Å². The first kappa shape index (κ1) is 13.8. The van der Waals surface area contributed by atoms with Crippen molar-refractivity contribution in [2.75, 3.05) is 0 Å². The molecule has 1 aliphatic heterocycles. The lowest BCUT2D eigenvalue weighted by molar-refractivity contribution is -0.130. The molecule has 0 amide bonds. The molecule has 104 valence electrons. The zero-order valence-corrected chi connectivity index (χ0v) is 13.1. The fraction of sp³-hybridized carbons (Fsp3) is 0.0556. The summed E-state index contributed by atoms with van der Waals surface area (Å²) in [4.78, 5) is 11.9. The number of hydrogen-bond donors (Lipinski definition) is 0. The molecule has 0 atom stereocenters. The van der Waals surface area contributed by atoms with Crippen LogP contribution in [-0.2, 0) is 9.53 Å². The standard InChI is InChI=1S/C18H13BrO2/c1-12-2-6-14(7-3-12)17-11-15(18(20)21-17)10-13-4-8-16(19)9-5-13/h2-11H,1H3/b15-10-. The van der Waals surface area contributed by atoms with Crippen LogP contribution in [0.1, 0.15) is 16.7 Å². The Morgan fingerprint density at radius 3 is 2.33 bits per heavy atom. The maximum atomic E-state index is 11.9. The van der Waals surface area contributed by atoms with E-state index in [4.69, 9.17) is 4.74 Å². The van der Waals surface area contributed by atoms with Crippen LogP contribution in [0.2, 0.25) is 0 Å². The highest BCUT2D eigenvalue weighted by Gasteiger charge is 2.21. The molecular formula is C18H13BrO2. The topological polar surface area (TPSA) is 26.3 Å². The fourth-order valence-corrected chi connectivity index (χ4v) is 2.35. The van der Waals surface area contributed by atoms with Crippen molar-refractivity contribution in [1.29, 1.82) is 0 Å². The van der Waals surface area contributed by atoms with Crippen molar-refractivity contribution in [3.8, 4) is 0 Å². The number of halogens is 1. The predicted octanol–water partition coefficient (Wildman–Crippen LogP) is 4.74. The van der Waals surface area contributed by atoms with E-state index in [1.807, 2.05) is 61.5 Å². The lowest BCUT2D eigenvalue weighted by Crippen LogP contribution is -1.97. The minimum absolute atomic E-state index is 0.312. The summed E-state index contributed by atoms with van der Waals surface area (Å²) >= 11 is 3.39. The average molecular weight is 341 g/mol. The molecule has 2 aromatic rings. The average Bonchev–Trinajstić information content (AvgIpc) is 2.83. The first-order chi connectivity index (χ1) is 10.1. The SMILES string of the molecule is Cc1ccc(C2=C/C(=C/c3ccc(Br)cc3)C(=O)O2)cc1. The van der Waals surface area contributed by atoms with Crippen molar-refractivity contribution < 1.29 is 9.53 Å². The van der Waals surface area contributed by atoms with Gasteiger partial charge in [0.05, 0.1) is 5.57 Å². The second-order valence-corrected chi connectivity index (χ2v) is 5.83. The van der Waals surface area contributed by atoms with Crippen LogP contribution in [0.25, 0.3) is 11.8 Å². The van der Waals surface area contributed by atoms with E-state index >= 15 is 0 Å². The molecule has 3 rings (SSSR count). The Bertz CT molecular complexity index is 738. The van der Waals surface area contributed by atoms with Crippen LogP contribution in [0.4, 0.5) is 0 Å². The van der Waals surface area contributed by atoms with Gasteiger partial charge in [-0.2, -0.15) is 0 Å². The summed E-state index contributed by atoms with van der Waals surface area (Å²) in [6.45, 7) is 2.03. The highest BCUT2D eigenvalue weighted by atomic mass is 79.9. The van der Waals surface area contributed by atoms with Gasteiger partial charge in [-0.1, -0.05) is 57.9 Å². The minimum Gasteiger partial charge on any atom is -0.422 e. The number of benzene rings is 2. The molecule has 0 bridgehead atoms. The Morgan fingerprint density at radius 2 is 1.67 bits per heavy atom. The van der Waals surface area contributed by atoms with Gasteiger partial charge >= 0.3 is 5.97 Å². The molecule has 0 spiro atoms. The van der Waals surface area contributed by atoms with Crippen molar-refractivity contribution in [2.45, 2.75) is 6.92 Å². The molecule has 0 saturated carbocycles. The first-order valence-corrected chi connectivity index (χ1v) is 7.39. The van der Waals surface area contributed by atoms with Crippen LogP contribution < -0.4 is 0 Å². The molecule has 1 aliphatic rings. The van der Waals surface area contributed by atoms with Crippen LogP contribution in [0, 0.1) is 6.92 Å². The summed E-state index contributed by atoms with van der Waals surface area (Å²) in [6.07, 6.45) is 3.62. The Morgan fingerprint density at radius 1 is 1.00 bits per heavy atom. The number of cyclic esters (lactones) is 1. The third kappa shape index (κ3) is 3.14. The van der Waals surface area contributed by atoms with Crippen molar-refractivity contribution >= 4 is 33.7 Å². The maximum absolute atomic E-state index is 11.9. The van der Waals surface area contributed by atoms with E-state index in [1.54, 1.807) is 6.08 Å². The lowest BCUT2D eigenvalue weighted by atomic mass is 10.1. The van der Waals surface area contributed by atoms with Crippen LogP contribution in [0.5, 0.6) is 0 Å². The Hall–Kier alpha value is -2.13. The second-order valence-electron chi connectivity index (χ2n) is 4.92. The van der Waals surface area contributed by atoms with E-state index in [0.717, 1.165) is 15.6 Å². The van der Waals surface area contributed by atoms with E-state index in [1.165, 1.54) is 5.56 Å². The molecule has 3 heteroatoms. The molecular weight excluding hydrogens is 328 g/mol. The molecule has 0 aliphatic carbocycles.